The Bertz CT molecular complexity index is 1070. The highest BCUT2D eigenvalue weighted by molar-refractivity contribution is 7.17. The predicted octanol–water partition coefficient (Wildman–Crippen LogP) is 4.02. The van der Waals surface area contributed by atoms with E-state index in [0.29, 0.717) is 28.0 Å². The maximum absolute atomic E-state index is 12.5. The molecule has 0 aliphatic carbocycles. The third-order valence-corrected chi connectivity index (χ3v) is 5.36. The van der Waals surface area contributed by atoms with Gasteiger partial charge in [-0.25, -0.2) is 14.5 Å². The number of halogens is 2. The third kappa shape index (κ3) is 4.41. The molecule has 2 aromatic heterocycles. The van der Waals surface area contributed by atoms with E-state index in [1.165, 1.54) is 0 Å². The first-order chi connectivity index (χ1) is 13.2. The summed E-state index contributed by atoms with van der Waals surface area (Å²) in [7, 11) is 0. The van der Waals surface area contributed by atoms with Gasteiger partial charge in [0.2, 0.25) is 5.06 Å². The highest BCUT2D eigenvalue weighted by Gasteiger charge is 2.20. The molecule has 0 radical (unpaired) electrons. The summed E-state index contributed by atoms with van der Waals surface area (Å²) in [5.74, 6) is -0.520. The number of carbonyl (C=O) groups excluding carboxylic acids is 1. The molecule has 146 valence electrons. The van der Waals surface area contributed by atoms with Crippen molar-refractivity contribution in [2.75, 3.05) is 5.32 Å². The van der Waals surface area contributed by atoms with E-state index in [0.717, 1.165) is 16.9 Å². The van der Waals surface area contributed by atoms with E-state index in [4.69, 9.17) is 28.3 Å². The largest absolute Gasteiger partial charge is 0.512 e. The quantitative estimate of drug-likeness (QED) is 0.573. The molecule has 28 heavy (non-hydrogen) atoms. The first-order valence-electron chi connectivity index (χ1n) is 7.78. The molecule has 3 rings (SSSR count). The lowest BCUT2D eigenvalue weighted by atomic mass is 10.2. The average molecular weight is 442 g/mol. The number of anilines is 1. The number of aryl methyl sites for hydroxylation is 1. The molecule has 0 atom stereocenters. The summed E-state index contributed by atoms with van der Waals surface area (Å²) in [6.07, 6.45) is -1.45. The van der Waals surface area contributed by atoms with Crippen LogP contribution in [0, 0.1) is 13.8 Å². The molecule has 12 heteroatoms. The number of hydrogen-bond acceptors (Lipinski definition) is 7. The van der Waals surface area contributed by atoms with Gasteiger partial charge in [-0.1, -0.05) is 45.8 Å². The Labute approximate surface area is 172 Å². The van der Waals surface area contributed by atoms with Crippen molar-refractivity contribution >= 4 is 51.7 Å². The number of carbonyl (C=O) groups is 2. The average Bonchev–Trinajstić information content (AvgIpc) is 3.13. The van der Waals surface area contributed by atoms with Crippen LogP contribution in [0.3, 0.4) is 0 Å². The molecule has 0 unspecified atom stereocenters. The number of hydrogen-bond donors (Lipinski definition) is 2. The monoisotopic (exact) mass is 441 g/mol. The normalized spacial score (nSPS) is 10.7. The number of ether oxygens (including phenoxy) is 1. The second kappa shape index (κ2) is 8.13. The van der Waals surface area contributed by atoms with Crippen molar-refractivity contribution in [1.29, 1.82) is 0 Å². The third-order valence-electron chi connectivity index (χ3n) is 3.67. The van der Waals surface area contributed by atoms with Crippen LogP contribution >= 0.6 is 34.5 Å². The van der Waals surface area contributed by atoms with Gasteiger partial charge in [-0.15, -0.1) is 5.10 Å². The first kappa shape index (κ1) is 20.1. The van der Waals surface area contributed by atoms with Gasteiger partial charge in [0.25, 0.3) is 5.91 Å². The molecular formula is C16H13Cl2N5O4S. The van der Waals surface area contributed by atoms with Crippen molar-refractivity contribution in [3.05, 3.63) is 50.9 Å². The topological polar surface area (TPSA) is 119 Å². The van der Waals surface area contributed by atoms with Gasteiger partial charge in [0.15, 0.2) is 10.8 Å². The lowest BCUT2D eigenvalue weighted by Crippen LogP contribution is -2.14. The van der Waals surface area contributed by atoms with Crippen LogP contribution in [0.2, 0.25) is 10.0 Å². The highest BCUT2D eigenvalue weighted by Crippen LogP contribution is 2.30. The zero-order valence-corrected chi connectivity index (χ0v) is 16.9. The molecule has 0 saturated carbocycles. The molecule has 0 aliphatic heterocycles. The zero-order chi connectivity index (χ0) is 20.4. The zero-order valence-electron chi connectivity index (χ0n) is 14.6. The summed E-state index contributed by atoms with van der Waals surface area (Å²) in [6.45, 7) is 3.64. The van der Waals surface area contributed by atoms with Crippen molar-refractivity contribution in [2.24, 2.45) is 0 Å². The Morgan fingerprint density at radius 2 is 2.04 bits per heavy atom. The smallest absolute Gasteiger partial charge is 0.449 e. The van der Waals surface area contributed by atoms with E-state index in [-0.39, 0.29) is 15.9 Å². The molecule has 3 aromatic rings. The van der Waals surface area contributed by atoms with Gasteiger partial charge in [0, 0.05) is 0 Å². The van der Waals surface area contributed by atoms with Crippen LogP contribution in [0.5, 0.6) is 5.06 Å². The van der Waals surface area contributed by atoms with Gasteiger partial charge in [0.1, 0.15) is 0 Å². The minimum absolute atomic E-state index is 0.0859. The van der Waals surface area contributed by atoms with Crippen molar-refractivity contribution in [2.45, 2.75) is 20.4 Å². The van der Waals surface area contributed by atoms with Crippen LogP contribution in [-0.4, -0.2) is 37.1 Å². The van der Waals surface area contributed by atoms with Gasteiger partial charge in [-0.3, -0.25) is 10.1 Å². The van der Waals surface area contributed by atoms with E-state index in [2.05, 4.69) is 25.3 Å². The minimum Gasteiger partial charge on any atom is -0.449 e. The van der Waals surface area contributed by atoms with Crippen LogP contribution in [0.15, 0.2) is 18.2 Å². The first-order valence-corrected chi connectivity index (χ1v) is 9.35. The number of benzene rings is 1. The van der Waals surface area contributed by atoms with Gasteiger partial charge in [0.05, 0.1) is 28.0 Å². The van der Waals surface area contributed by atoms with Gasteiger partial charge in [-0.2, -0.15) is 0 Å². The molecule has 1 amide bonds. The highest BCUT2D eigenvalue weighted by atomic mass is 35.5. The summed E-state index contributed by atoms with van der Waals surface area (Å²) < 4.78 is 6.15. The molecule has 2 N–H and O–H groups in total. The maximum atomic E-state index is 12.5. The molecule has 2 heterocycles. The van der Waals surface area contributed by atoms with Crippen LogP contribution in [0.4, 0.5) is 9.93 Å². The molecule has 0 spiro atoms. The van der Waals surface area contributed by atoms with Gasteiger partial charge in [-0.05, 0) is 31.5 Å². The summed E-state index contributed by atoms with van der Waals surface area (Å²) in [5.41, 5.74) is 1.86. The van der Waals surface area contributed by atoms with Crippen molar-refractivity contribution in [3.63, 3.8) is 0 Å². The van der Waals surface area contributed by atoms with E-state index < -0.39 is 12.1 Å². The van der Waals surface area contributed by atoms with E-state index >= 15 is 0 Å². The van der Waals surface area contributed by atoms with Crippen molar-refractivity contribution < 1.29 is 19.4 Å². The summed E-state index contributed by atoms with van der Waals surface area (Å²) in [4.78, 5) is 27.2. The lowest BCUT2D eigenvalue weighted by Gasteiger charge is -2.05. The molecule has 0 saturated heterocycles. The van der Waals surface area contributed by atoms with Crippen LogP contribution in [0.1, 0.15) is 27.4 Å². The maximum Gasteiger partial charge on any atom is 0.512 e. The Morgan fingerprint density at radius 1 is 1.29 bits per heavy atom. The van der Waals surface area contributed by atoms with Crippen LogP contribution in [0.25, 0.3) is 0 Å². The van der Waals surface area contributed by atoms with Crippen LogP contribution in [-0.2, 0) is 6.54 Å². The minimum atomic E-state index is -1.45. The Morgan fingerprint density at radius 3 is 2.71 bits per heavy atom. The van der Waals surface area contributed by atoms with Gasteiger partial charge >= 0.3 is 6.16 Å². The summed E-state index contributed by atoms with van der Waals surface area (Å²) in [6, 6.07) is 5.20. The predicted molar refractivity (Wildman–Crippen MR) is 104 cm³/mol. The summed E-state index contributed by atoms with van der Waals surface area (Å²) >= 11 is 12.8. The van der Waals surface area contributed by atoms with Crippen LogP contribution < -0.4 is 10.1 Å². The molecular weight excluding hydrogens is 429 g/mol. The SMILES string of the molecule is Cc1nc(NC(=O)c2nnn(Cc3ccc(Cl)c(Cl)c3)c2C)sc1OC(=O)O. The number of nitrogens with one attached hydrogen (secondary N) is 1. The molecule has 0 bridgehead atoms. The Balaban J connectivity index is 1.74. The number of amides is 1. The number of carboxylic acid groups (broad SMARTS) is 1. The second-order valence-corrected chi connectivity index (χ2v) is 7.42. The van der Waals surface area contributed by atoms with Crippen molar-refractivity contribution in [3.8, 4) is 5.06 Å². The molecule has 1 aromatic carbocycles. The fourth-order valence-electron chi connectivity index (χ4n) is 2.30. The molecule has 0 fully saturated rings. The Kier molecular flexibility index (Phi) is 5.82. The molecule has 0 aliphatic rings. The lowest BCUT2D eigenvalue weighted by molar-refractivity contribution is 0.102. The number of nitrogens with zero attached hydrogens (tertiary/aromatic N) is 4. The fourth-order valence-corrected chi connectivity index (χ4v) is 3.43. The standard InChI is InChI=1S/C16H13Cl2N5O4S/c1-7-14(27-16(25)26)28-15(19-7)20-13(24)12-8(2)23(22-21-12)6-9-3-4-10(17)11(18)5-9/h3-5H,6H2,1-2H3,(H,25,26)(H,19,20,24). The number of thiazole rings is 1. The molecule has 9 nitrogen and oxygen atoms in total. The Hall–Kier alpha value is -2.69. The van der Waals surface area contributed by atoms with E-state index in [1.54, 1.807) is 36.7 Å². The summed E-state index contributed by atoms with van der Waals surface area (Å²) in [5, 5.41) is 20.3. The van der Waals surface area contributed by atoms with Gasteiger partial charge < -0.3 is 9.84 Å². The number of rotatable bonds is 5. The van der Waals surface area contributed by atoms with E-state index in [9.17, 15) is 9.59 Å². The number of aromatic nitrogens is 4. The fraction of sp³-hybridized carbons (Fsp3) is 0.188. The second-order valence-electron chi connectivity index (χ2n) is 5.64. The van der Waals surface area contributed by atoms with E-state index in [1.807, 2.05) is 0 Å². The van der Waals surface area contributed by atoms with Crippen molar-refractivity contribution in [1.82, 2.24) is 20.0 Å².